The van der Waals surface area contributed by atoms with Crippen LogP contribution in [0.1, 0.15) is 47.5 Å². The Morgan fingerprint density at radius 3 is 1.96 bits per heavy atom. The van der Waals surface area contributed by atoms with E-state index in [1.165, 1.54) is 7.11 Å². The van der Waals surface area contributed by atoms with E-state index in [1.807, 2.05) is 34.6 Å². The Hall–Kier alpha value is -1.99. The van der Waals surface area contributed by atoms with E-state index in [2.05, 4.69) is 0 Å². The van der Waals surface area contributed by atoms with Crippen molar-refractivity contribution in [3.8, 4) is 0 Å². The molecule has 0 bridgehead atoms. The minimum Gasteiger partial charge on any atom is -0.467 e. The number of likely N-dealkylation sites (tertiary alicyclic amines) is 1. The van der Waals surface area contributed by atoms with Crippen LogP contribution in [-0.4, -0.2) is 84.3 Å². The summed E-state index contributed by atoms with van der Waals surface area (Å²) in [6.07, 6.45) is 1.07. The van der Waals surface area contributed by atoms with Gasteiger partial charge in [0, 0.05) is 32.7 Å². The second kappa shape index (κ2) is 9.64. The summed E-state index contributed by atoms with van der Waals surface area (Å²) in [5, 5.41) is 0. The summed E-state index contributed by atoms with van der Waals surface area (Å²) in [5.74, 6) is -0.367. The number of carbonyl (C=O) groups excluding carboxylic acids is 3. The zero-order valence-electron chi connectivity index (χ0n) is 16.9. The molecule has 0 spiro atoms. The van der Waals surface area contributed by atoms with E-state index in [9.17, 15) is 14.4 Å². The Labute approximate surface area is 156 Å². The molecule has 8 heteroatoms. The van der Waals surface area contributed by atoms with Crippen molar-refractivity contribution in [1.29, 1.82) is 0 Å². The standard InChI is InChI=1S/C16H27N3O5.C2H6/c1-16(2,3)24-15(22)18-10-8-17(9-11-18)14(21)19-7-5-6-12(19)13(20)23-4;1-2/h12H,5-11H2,1-4H3;1-2H3. The number of hydrogen-bond donors (Lipinski definition) is 0. The van der Waals surface area contributed by atoms with Gasteiger partial charge in [0.1, 0.15) is 11.6 Å². The van der Waals surface area contributed by atoms with Crippen LogP contribution in [-0.2, 0) is 14.3 Å². The van der Waals surface area contributed by atoms with Gasteiger partial charge < -0.3 is 24.2 Å². The van der Waals surface area contributed by atoms with Gasteiger partial charge in [0.05, 0.1) is 7.11 Å². The van der Waals surface area contributed by atoms with E-state index >= 15 is 0 Å². The summed E-state index contributed by atoms with van der Waals surface area (Å²) in [7, 11) is 1.34. The highest BCUT2D eigenvalue weighted by Gasteiger charge is 2.38. The number of piperazine rings is 1. The van der Waals surface area contributed by atoms with Crippen molar-refractivity contribution in [3.63, 3.8) is 0 Å². The van der Waals surface area contributed by atoms with Crippen LogP contribution in [0.2, 0.25) is 0 Å². The van der Waals surface area contributed by atoms with Gasteiger partial charge >= 0.3 is 18.1 Å². The van der Waals surface area contributed by atoms with Gasteiger partial charge in [0.15, 0.2) is 0 Å². The first-order chi connectivity index (χ1) is 12.2. The van der Waals surface area contributed by atoms with Crippen molar-refractivity contribution < 1.29 is 23.9 Å². The lowest BCUT2D eigenvalue weighted by atomic mass is 10.2. The molecule has 0 aromatic rings. The molecule has 2 fully saturated rings. The van der Waals surface area contributed by atoms with Crippen molar-refractivity contribution in [2.75, 3.05) is 39.8 Å². The van der Waals surface area contributed by atoms with Crippen LogP contribution in [0.4, 0.5) is 9.59 Å². The van der Waals surface area contributed by atoms with Crippen LogP contribution >= 0.6 is 0 Å². The predicted octanol–water partition coefficient (Wildman–Crippen LogP) is 2.32. The molecule has 0 N–H and O–H groups in total. The number of urea groups is 1. The first-order valence-corrected chi connectivity index (χ1v) is 9.34. The molecule has 3 amide bonds. The van der Waals surface area contributed by atoms with Crippen LogP contribution in [0.3, 0.4) is 0 Å². The van der Waals surface area contributed by atoms with E-state index in [1.54, 1.807) is 14.7 Å². The molecule has 0 radical (unpaired) electrons. The van der Waals surface area contributed by atoms with E-state index in [0.29, 0.717) is 39.1 Å². The Balaban J connectivity index is 0.00000163. The Bertz CT molecular complexity index is 496. The summed E-state index contributed by atoms with van der Waals surface area (Å²) in [5.41, 5.74) is -0.534. The average molecular weight is 371 g/mol. The second-order valence-corrected chi connectivity index (χ2v) is 7.11. The summed E-state index contributed by atoms with van der Waals surface area (Å²) < 4.78 is 10.1. The maximum Gasteiger partial charge on any atom is 0.410 e. The zero-order valence-corrected chi connectivity index (χ0v) is 16.9. The summed E-state index contributed by atoms with van der Waals surface area (Å²) in [6, 6.07) is -0.655. The lowest BCUT2D eigenvalue weighted by molar-refractivity contribution is -0.145. The molecule has 2 heterocycles. The zero-order chi connectivity index (χ0) is 19.9. The van der Waals surface area contributed by atoms with E-state index in [0.717, 1.165) is 6.42 Å². The van der Waals surface area contributed by atoms with Gasteiger partial charge in [0.25, 0.3) is 0 Å². The van der Waals surface area contributed by atoms with Crippen LogP contribution in [0, 0.1) is 0 Å². The molecule has 0 saturated carbocycles. The molecule has 2 saturated heterocycles. The third-order valence-electron chi connectivity index (χ3n) is 4.17. The highest BCUT2D eigenvalue weighted by Crippen LogP contribution is 2.21. The largest absolute Gasteiger partial charge is 0.467 e. The van der Waals surface area contributed by atoms with E-state index in [-0.39, 0.29) is 18.1 Å². The van der Waals surface area contributed by atoms with Crippen molar-refractivity contribution in [1.82, 2.24) is 14.7 Å². The fourth-order valence-electron chi connectivity index (χ4n) is 2.97. The molecule has 2 aliphatic heterocycles. The van der Waals surface area contributed by atoms with Crippen LogP contribution in [0.5, 0.6) is 0 Å². The van der Waals surface area contributed by atoms with Gasteiger partial charge in [-0.2, -0.15) is 0 Å². The third kappa shape index (κ3) is 5.78. The Morgan fingerprint density at radius 2 is 1.46 bits per heavy atom. The predicted molar refractivity (Wildman–Crippen MR) is 97.9 cm³/mol. The van der Waals surface area contributed by atoms with Crippen LogP contribution in [0.15, 0.2) is 0 Å². The quantitative estimate of drug-likeness (QED) is 0.661. The average Bonchev–Trinajstić information content (AvgIpc) is 3.10. The molecular weight excluding hydrogens is 338 g/mol. The number of esters is 1. The third-order valence-corrected chi connectivity index (χ3v) is 4.17. The molecule has 2 aliphatic rings. The lowest BCUT2D eigenvalue weighted by Crippen LogP contribution is -2.56. The smallest absolute Gasteiger partial charge is 0.410 e. The van der Waals surface area contributed by atoms with Gasteiger partial charge in [-0.15, -0.1) is 0 Å². The van der Waals surface area contributed by atoms with E-state index in [4.69, 9.17) is 9.47 Å². The topological polar surface area (TPSA) is 79.4 Å². The molecule has 150 valence electrons. The molecular formula is C18H33N3O5. The molecule has 1 atom stereocenters. The van der Waals surface area contributed by atoms with Crippen molar-refractivity contribution in [3.05, 3.63) is 0 Å². The maximum absolute atomic E-state index is 12.6. The molecule has 8 nitrogen and oxygen atoms in total. The number of nitrogens with zero attached hydrogens (tertiary/aromatic N) is 3. The van der Waals surface area contributed by atoms with Crippen molar-refractivity contribution >= 4 is 18.1 Å². The second-order valence-electron chi connectivity index (χ2n) is 7.11. The molecule has 2 rings (SSSR count). The summed E-state index contributed by atoms with van der Waals surface area (Å²) >= 11 is 0. The molecule has 0 aromatic heterocycles. The van der Waals surface area contributed by atoms with Crippen LogP contribution in [0.25, 0.3) is 0 Å². The number of rotatable bonds is 1. The van der Waals surface area contributed by atoms with Gasteiger partial charge in [-0.05, 0) is 33.6 Å². The summed E-state index contributed by atoms with van der Waals surface area (Å²) in [4.78, 5) is 41.4. The molecule has 0 aliphatic carbocycles. The molecule has 26 heavy (non-hydrogen) atoms. The minimum absolute atomic E-state index is 0.160. The number of methoxy groups -OCH3 is 1. The lowest BCUT2D eigenvalue weighted by Gasteiger charge is -2.38. The van der Waals surface area contributed by atoms with Gasteiger partial charge in [-0.1, -0.05) is 13.8 Å². The fraction of sp³-hybridized carbons (Fsp3) is 0.833. The van der Waals surface area contributed by atoms with Gasteiger partial charge in [-0.3, -0.25) is 0 Å². The van der Waals surface area contributed by atoms with Gasteiger partial charge in [-0.25, -0.2) is 14.4 Å². The van der Waals surface area contributed by atoms with E-state index < -0.39 is 11.6 Å². The first kappa shape index (κ1) is 22.1. The Kier molecular flexibility index (Phi) is 8.17. The van der Waals surface area contributed by atoms with Crippen molar-refractivity contribution in [2.24, 2.45) is 0 Å². The fourth-order valence-corrected chi connectivity index (χ4v) is 2.97. The molecule has 1 unspecified atom stereocenters. The maximum atomic E-state index is 12.6. The highest BCUT2D eigenvalue weighted by molar-refractivity contribution is 5.84. The summed E-state index contributed by atoms with van der Waals surface area (Å²) in [6.45, 7) is 11.8. The SMILES string of the molecule is CC.COC(=O)C1CCCN1C(=O)N1CCN(C(=O)OC(C)(C)C)CC1. The van der Waals surface area contributed by atoms with Gasteiger partial charge in [0.2, 0.25) is 0 Å². The number of ether oxygens (including phenoxy) is 2. The monoisotopic (exact) mass is 371 g/mol. The number of hydrogen-bond acceptors (Lipinski definition) is 5. The molecule has 0 aromatic carbocycles. The van der Waals surface area contributed by atoms with Crippen molar-refractivity contribution in [2.45, 2.75) is 59.1 Å². The first-order valence-electron chi connectivity index (χ1n) is 9.34. The number of carbonyl (C=O) groups is 3. The number of amides is 3. The Morgan fingerprint density at radius 1 is 0.923 bits per heavy atom. The minimum atomic E-state index is -0.534. The normalized spacial score (nSPS) is 20.2. The highest BCUT2D eigenvalue weighted by atomic mass is 16.6. The van der Waals surface area contributed by atoms with Crippen LogP contribution < -0.4 is 0 Å².